The number of nitrogens with one attached hydrogen (secondary N) is 1. The maximum Gasteiger partial charge on any atom is 0.183 e. The van der Waals surface area contributed by atoms with Crippen LogP contribution in [0, 0.1) is 5.41 Å². The maximum absolute atomic E-state index is 6.06. The van der Waals surface area contributed by atoms with Crippen molar-refractivity contribution in [2.24, 2.45) is 11.5 Å². The summed E-state index contributed by atoms with van der Waals surface area (Å²) in [6.45, 7) is 5.25. The van der Waals surface area contributed by atoms with Crippen LogP contribution in [0.4, 0.5) is 0 Å². The molecule has 0 saturated carbocycles. The third-order valence-electron chi connectivity index (χ3n) is 0.667. The van der Waals surface area contributed by atoms with Gasteiger partial charge in [-0.2, -0.15) is 0 Å². The average molecular weight is 179 g/mol. The Bertz CT molecular complexity index is 176. The number of benzene rings is 1. The predicted molar refractivity (Wildman–Crippen MR) is 58.4 cm³/mol. The van der Waals surface area contributed by atoms with Crippen LogP contribution < -0.4 is 11.5 Å². The molecule has 13 heavy (non-hydrogen) atoms. The fraction of sp³-hybridized carbons (Fsp3) is 0.100. The zero-order chi connectivity index (χ0) is 10.5. The standard InChI is InChI=1S/C6H6.C3H6.CH5N3/c1-2-4-6-5-3-1;1-3-2;2-1(3)4/h1-6H;3H,1H2,2H3;(H5,2,3,4). The van der Waals surface area contributed by atoms with E-state index in [0.717, 1.165) is 0 Å². The van der Waals surface area contributed by atoms with Crippen molar-refractivity contribution in [3.8, 4) is 0 Å². The van der Waals surface area contributed by atoms with Crippen LogP contribution >= 0.6 is 0 Å². The van der Waals surface area contributed by atoms with E-state index in [0.29, 0.717) is 0 Å². The summed E-state index contributed by atoms with van der Waals surface area (Å²) >= 11 is 0. The van der Waals surface area contributed by atoms with Crippen LogP contribution in [0.15, 0.2) is 49.1 Å². The van der Waals surface area contributed by atoms with E-state index in [-0.39, 0.29) is 5.96 Å². The number of hydrogen-bond donors (Lipinski definition) is 3. The van der Waals surface area contributed by atoms with Gasteiger partial charge in [-0.25, -0.2) is 0 Å². The SMILES string of the molecule is C=CC.N=C(N)N.c1ccccc1. The first-order valence-corrected chi connectivity index (χ1v) is 3.81. The van der Waals surface area contributed by atoms with Crippen molar-refractivity contribution in [3.63, 3.8) is 0 Å². The van der Waals surface area contributed by atoms with Crippen molar-refractivity contribution in [1.82, 2.24) is 0 Å². The van der Waals surface area contributed by atoms with Gasteiger partial charge in [0.25, 0.3) is 0 Å². The van der Waals surface area contributed by atoms with Gasteiger partial charge in [-0.3, -0.25) is 5.41 Å². The smallest absolute Gasteiger partial charge is 0.183 e. The zero-order valence-corrected chi connectivity index (χ0v) is 7.90. The predicted octanol–water partition coefficient (Wildman–Crippen LogP) is 1.72. The molecule has 72 valence electrons. The largest absolute Gasteiger partial charge is 0.370 e. The molecule has 0 aliphatic carbocycles. The molecule has 0 atom stereocenters. The van der Waals surface area contributed by atoms with Gasteiger partial charge in [0.15, 0.2) is 5.96 Å². The second kappa shape index (κ2) is 12.9. The Morgan fingerprint density at radius 2 is 1.15 bits per heavy atom. The van der Waals surface area contributed by atoms with Gasteiger partial charge in [0.1, 0.15) is 0 Å². The highest BCUT2D eigenvalue weighted by Crippen LogP contribution is 1.79. The number of hydrogen-bond acceptors (Lipinski definition) is 1. The van der Waals surface area contributed by atoms with Crippen molar-refractivity contribution in [2.45, 2.75) is 6.92 Å². The van der Waals surface area contributed by atoms with Crippen LogP contribution in [0.1, 0.15) is 6.92 Å². The van der Waals surface area contributed by atoms with E-state index in [1.54, 1.807) is 6.08 Å². The first kappa shape index (κ1) is 13.8. The topological polar surface area (TPSA) is 75.9 Å². The van der Waals surface area contributed by atoms with Crippen LogP contribution in [0.5, 0.6) is 0 Å². The molecule has 1 aromatic carbocycles. The molecule has 1 aromatic rings. The molecule has 0 heterocycles. The highest BCUT2D eigenvalue weighted by atomic mass is 14.9. The molecule has 0 bridgehead atoms. The molecule has 0 spiro atoms. The summed E-state index contributed by atoms with van der Waals surface area (Å²) in [5.41, 5.74) is 8.94. The summed E-state index contributed by atoms with van der Waals surface area (Å²) in [4.78, 5) is 0. The average Bonchev–Trinajstić information content (AvgIpc) is 2.08. The molecule has 5 N–H and O–H groups in total. The van der Waals surface area contributed by atoms with Crippen molar-refractivity contribution >= 4 is 5.96 Å². The third-order valence-corrected chi connectivity index (χ3v) is 0.667. The number of rotatable bonds is 0. The van der Waals surface area contributed by atoms with Gasteiger partial charge in [0.05, 0.1) is 0 Å². The normalized spacial score (nSPS) is 6.54. The van der Waals surface area contributed by atoms with Gasteiger partial charge >= 0.3 is 0 Å². The lowest BCUT2D eigenvalue weighted by Crippen LogP contribution is -2.20. The van der Waals surface area contributed by atoms with Gasteiger partial charge in [0, 0.05) is 0 Å². The highest BCUT2D eigenvalue weighted by Gasteiger charge is 1.57. The second-order valence-electron chi connectivity index (χ2n) is 2.02. The minimum absolute atomic E-state index is 0.333. The zero-order valence-electron chi connectivity index (χ0n) is 7.90. The van der Waals surface area contributed by atoms with E-state index in [4.69, 9.17) is 5.41 Å². The molecule has 3 nitrogen and oxygen atoms in total. The molecule has 0 saturated heterocycles. The fourth-order valence-corrected chi connectivity index (χ4v) is 0.385. The molecule has 3 heteroatoms. The summed E-state index contributed by atoms with van der Waals surface area (Å²) in [6, 6.07) is 12.0. The Morgan fingerprint density at radius 3 is 1.23 bits per heavy atom. The first-order valence-electron chi connectivity index (χ1n) is 3.81. The quantitative estimate of drug-likeness (QED) is 0.322. The monoisotopic (exact) mass is 179 g/mol. The molecule has 0 aliphatic heterocycles. The lowest BCUT2D eigenvalue weighted by atomic mass is 10.4. The van der Waals surface area contributed by atoms with Crippen molar-refractivity contribution in [2.75, 3.05) is 0 Å². The van der Waals surface area contributed by atoms with E-state index in [2.05, 4.69) is 18.0 Å². The van der Waals surface area contributed by atoms with E-state index < -0.39 is 0 Å². The Balaban J connectivity index is 0. The summed E-state index contributed by atoms with van der Waals surface area (Å²) in [7, 11) is 0. The third kappa shape index (κ3) is 38.7. The van der Waals surface area contributed by atoms with Crippen molar-refractivity contribution < 1.29 is 0 Å². The molecule has 0 aliphatic rings. The summed E-state index contributed by atoms with van der Waals surface area (Å²) in [6.07, 6.45) is 1.75. The van der Waals surface area contributed by atoms with E-state index in [1.165, 1.54) is 0 Å². The number of allylic oxidation sites excluding steroid dienone is 1. The Kier molecular flexibility index (Phi) is 13.7. The Hall–Kier alpha value is -1.77. The number of guanidine groups is 1. The van der Waals surface area contributed by atoms with Gasteiger partial charge in [-0.05, 0) is 6.92 Å². The Morgan fingerprint density at radius 1 is 1.08 bits per heavy atom. The lowest BCUT2D eigenvalue weighted by molar-refractivity contribution is 1.39. The van der Waals surface area contributed by atoms with E-state index in [1.807, 2.05) is 43.3 Å². The molecule has 0 unspecified atom stereocenters. The van der Waals surface area contributed by atoms with Crippen LogP contribution in [0.3, 0.4) is 0 Å². The van der Waals surface area contributed by atoms with Crippen LogP contribution in [-0.4, -0.2) is 5.96 Å². The van der Waals surface area contributed by atoms with Gasteiger partial charge < -0.3 is 11.5 Å². The van der Waals surface area contributed by atoms with Crippen LogP contribution in [-0.2, 0) is 0 Å². The summed E-state index contributed by atoms with van der Waals surface area (Å²) < 4.78 is 0. The minimum Gasteiger partial charge on any atom is -0.370 e. The van der Waals surface area contributed by atoms with Crippen molar-refractivity contribution in [3.05, 3.63) is 49.1 Å². The minimum atomic E-state index is -0.333. The molecule has 1 rings (SSSR count). The highest BCUT2D eigenvalue weighted by molar-refractivity contribution is 5.71. The van der Waals surface area contributed by atoms with E-state index >= 15 is 0 Å². The molecule has 0 fully saturated rings. The summed E-state index contributed by atoms with van der Waals surface area (Å²) in [5, 5.41) is 6.06. The number of nitrogens with two attached hydrogens (primary N) is 2. The first-order chi connectivity index (χ1) is 6.15. The summed E-state index contributed by atoms with van der Waals surface area (Å²) in [5.74, 6) is -0.333. The molecule has 0 aromatic heterocycles. The lowest BCUT2D eigenvalue weighted by Gasteiger charge is -1.69. The van der Waals surface area contributed by atoms with Gasteiger partial charge in [-0.1, -0.05) is 42.5 Å². The van der Waals surface area contributed by atoms with Crippen molar-refractivity contribution in [1.29, 1.82) is 5.41 Å². The van der Waals surface area contributed by atoms with Gasteiger partial charge in [-0.15, -0.1) is 6.58 Å². The Labute approximate surface area is 79.6 Å². The van der Waals surface area contributed by atoms with Crippen LogP contribution in [0.2, 0.25) is 0 Å². The fourth-order valence-electron chi connectivity index (χ4n) is 0.385. The van der Waals surface area contributed by atoms with Crippen LogP contribution in [0.25, 0.3) is 0 Å². The molecule has 0 radical (unpaired) electrons. The maximum atomic E-state index is 6.06. The second-order valence-corrected chi connectivity index (χ2v) is 2.02. The molecular formula is C10H17N3. The van der Waals surface area contributed by atoms with E-state index in [9.17, 15) is 0 Å². The molecular weight excluding hydrogens is 162 g/mol. The van der Waals surface area contributed by atoms with Gasteiger partial charge in [0.2, 0.25) is 0 Å². The molecule has 0 amide bonds.